The van der Waals surface area contributed by atoms with E-state index in [1.807, 2.05) is 20.8 Å². The van der Waals surface area contributed by atoms with Gasteiger partial charge in [0.05, 0.1) is 11.6 Å². The van der Waals surface area contributed by atoms with Crippen LogP contribution in [0, 0.1) is 43.4 Å². The maximum absolute atomic E-state index is 9.16. The Morgan fingerprint density at radius 3 is 2.47 bits per heavy atom. The Balaban J connectivity index is 2.93. The van der Waals surface area contributed by atoms with Crippen LogP contribution in [0.4, 0.5) is 0 Å². The zero-order valence-corrected chi connectivity index (χ0v) is 11.2. The highest BCUT2D eigenvalue weighted by Crippen LogP contribution is 2.26. The number of pyridine rings is 1. The van der Waals surface area contributed by atoms with Crippen molar-refractivity contribution in [3.05, 3.63) is 22.4 Å². The SMILES string of the molecule is Cc1nc(SCCCC#N)c(C#N)c(C)c1C. The molecule has 4 heteroatoms. The average Bonchev–Trinajstić information content (AvgIpc) is 2.32. The molecular formula is C13H15N3S. The van der Waals surface area contributed by atoms with Crippen molar-refractivity contribution < 1.29 is 0 Å². The third-order valence-electron chi connectivity index (χ3n) is 2.75. The van der Waals surface area contributed by atoms with Gasteiger partial charge in [-0.2, -0.15) is 10.5 Å². The largest absolute Gasteiger partial charge is 0.245 e. The quantitative estimate of drug-likeness (QED) is 0.603. The number of unbranched alkanes of at least 4 members (excludes halogenated alkanes) is 1. The first kappa shape index (κ1) is 13.5. The number of nitriles is 2. The molecule has 0 saturated heterocycles. The fourth-order valence-corrected chi connectivity index (χ4v) is 2.49. The van der Waals surface area contributed by atoms with Crippen molar-refractivity contribution in [2.24, 2.45) is 0 Å². The molecule has 0 fully saturated rings. The molecule has 0 aromatic carbocycles. The van der Waals surface area contributed by atoms with E-state index < -0.39 is 0 Å². The summed E-state index contributed by atoms with van der Waals surface area (Å²) in [6.45, 7) is 5.91. The fraction of sp³-hybridized carbons (Fsp3) is 0.462. The van der Waals surface area contributed by atoms with Crippen molar-refractivity contribution in [3.8, 4) is 12.1 Å². The summed E-state index contributed by atoms with van der Waals surface area (Å²) in [6.07, 6.45) is 1.39. The molecule has 0 aliphatic heterocycles. The first-order valence-corrected chi connectivity index (χ1v) is 6.48. The summed E-state index contributed by atoms with van der Waals surface area (Å²) in [5.41, 5.74) is 3.75. The third kappa shape index (κ3) is 3.22. The Morgan fingerprint density at radius 2 is 1.88 bits per heavy atom. The van der Waals surface area contributed by atoms with Gasteiger partial charge in [0, 0.05) is 17.9 Å². The number of aromatic nitrogens is 1. The molecular weight excluding hydrogens is 230 g/mol. The number of thioether (sulfide) groups is 1. The van der Waals surface area contributed by atoms with Crippen LogP contribution >= 0.6 is 11.8 Å². The molecule has 0 spiro atoms. The zero-order valence-electron chi connectivity index (χ0n) is 10.4. The van der Waals surface area contributed by atoms with Crippen molar-refractivity contribution in [2.45, 2.75) is 38.6 Å². The van der Waals surface area contributed by atoms with E-state index in [9.17, 15) is 0 Å². The van der Waals surface area contributed by atoms with Gasteiger partial charge in [-0.1, -0.05) is 0 Å². The molecule has 0 unspecified atom stereocenters. The molecule has 0 atom stereocenters. The number of hydrogen-bond acceptors (Lipinski definition) is 4. The number of aryl methyl sites for hydroxylation is 1. The Hall–Kier alpha value is -1.52. The van der Waals surface area contributed by atoms with Crippen LogP contribution in [0.5, 0.6) is 0 Å². The van der Waals surface area contributed by atoms with Crippen molar-refractivity contribution in [1.82, 2.24) is 4.98 Å². The van der Waals surface area contributed by atoms with Crippen LogP contribution < -0.4 is 0 Å². The van der Waals surface area contributed by atoms with E-state index in [1.165, 1.54) is 0 Å². The average molecular weight is 245 g/mol. The van der Waals surface area contributed by atoms with Crippen molar-refractivity contribution >= 4 is 11.8 Å². The van der Waals surface area contributed by atoms with E-state index >= 15 is 0 Å². The molecule has 0 bridgehead atoms. The number of rotatable bonds is 4. The van der Waals surface area contributed by atoms with Crippen LogP contribution in [0.2, 0.25) is 0 Å². The smallest absolute Gasteiger partial charge is 0.114 e. The van der Waals surface area contributed by atoms with Crippen LogP contribution in [0.1, 0.15) is 35.2 Å². The molecule has 3 nitrogen and oxygen atoms in total. The van der Waals surface area contributed by atoms with Crippen LogP contribution in [0.3, 0.4) is 0 Å². The van der Waals surface area contributed by atoms with Crippen molar-refractivity contribution in [3.63, 3.8) is 0 Å². The highest BCUT2D eigenvalue weighted by Gasteiger charge is 2.12. The second-order valence-electron chi connectivity index (χ2n) is 3.85. The van der Waals surface area contributed by atoms with E-state index in [0.29, 0.717) is 12.0 Å². The second kappa shape index (κ2) is 6.27. The summed E-state index contributed by atoms with van der Waals surface area (Å²) in [5.74, 6) is 0.831. The van der Waals surface area contributed by atoms with Gasteiger partial charge in [-0.3, -0.25) is 0 Å². The first-order valence-electron chi connectivity index (χ1n) is 5.49. The van der Waals surface area contributed by atoms with E-state index in [1.54, 1.807) is 11.8 Å². The minimum absolute atomic E-state index is 0.554. The first-order chi connectivity index (χ1) is 8.11. The van der Waals surface area contributed by atoms with Crippen LogP contribution in [-0.4, -0.2) is 10.7 Å². The lowest BCUT2D eigenvalue weighted by Crippen LogP contribution is -1.99. The minimum atomic E-state index is 0.554. The van der Waals surface area contributed by atoms with Gasteiger partial charge in [-0.05, 0) is 38.3 Å². The maximum Gasteiger partial charge on any atom is 0.114 e. The van der Waals surface area contributed by atoms with E-state index in [0.717, 1.165) is 34.0 Å². The van der Waals surface area contributed by atoms with Gasteiger partial charge in [0.2, 0.25) is 0 Å². The van der Waals surface area contributed by atoms with Gasteiger partial charge in [-0.25, -0.2) is 4.98 Å². The van der Waals surface area contributed by atoms with Crippen LogP contribution in [0.15, 0.2) is 5.03 Å². The van der Waals surface area contributed by atoms with Gasteiger partial charge in [0.15, 0.2) is 0 Å². The predicted molar refractivity (Wildman–Crippen MR) is 68.7 cm³/mol. The fourth-order valence-electron chi connectivity index (χ4n) is 1.47. The van der Waals surface area contributed by atoms with E-state index in [-0.39, 0.29) is 0 Å². The van der Waals surface area contributed by atoms with Crippen molar-refractivity contribution in [1.29, 1.82) is 10.5 Å². The summed E-state index contributed by atoms with van der Waals surface area (Å²) in [4.78, 5) is 4.46. The minimum Gasteiger partial charge on any atom is -0.245 e. The van der Waals surface area contributed by atoms with Gasteiger partial charge < -0.3 is 0 Å². The standard InChI is InChI=1S/C13H15N3S/c1-9-10(2)12(8-15)13(16-11(9)3)17-7-5-4-6-14/h4-5,7H2,1-3H3. The molecule has 1 heterocycles. The lowest BCUT2D eigenvalue weighted by atomic mass is 10.1. The summed E-state index contributed by atoms with van der Waals surface area (Å²) >= 11 is 1.56. The third-order valence-corrected chi connectivity index (χ3v) is 3.81. The van der Waals surface area contributed by atoms with Gasteiger partial charge >= 0.3 is 0 Å². The molecule has 0 N–H and O–H groups in total. The number of nitrogens with zero attached hydrogens (tertiary/aromatic N) is 3. The lowest BCUT2D eigenvalue weighted by molar-refractivity contribution is 0.964. The predicted octanol–water partition coefficient (Wildman–Crippen LogP) is 3.27. The number of hydrogen-bond donors (Lipinski definition) is 0. The highest BCUT2D eigenvalue weighted by atomic mass is 32.2. The molecule has 0 radical (unpaired) electrons. The van der Waals surface area contributed by atoms with E-state index in [4.69, 9.17) is 10.5 Å². The lowest BCUT2D eigenvalue weighted by Gasteiger charge is -2.10. The molecule has 1 rings (SSSR count). The van der Waals surface area contributed by atoms with Gasteiger partial charge in [0.25, 0.3) is 0 Å². The highest BCUT2D eigenvalue weighted by molar-refractivity contribution is 7.99. The topological polar surface area (TPSA) is 60.5 Å². The molecule has 0 aliphatic carbocycles. The van der Waals surface area contributed by atoms with Gasteiger partial charge in [0.1, 0.15) is 11.1 Å². The Labute approximate surface area is 106 Å². The maximum atomic E-state index is 9.16. The second-order valence-corrected chi connectivity index (χ2v) is 4.93. The Bertz CT molecular complexity index is 495. The molecule has 0 amide bonds. The summed E-state index contributed by atoms with van der Waals surface area (Å²) in [7, 11) is 0. The molecule has 1 aromatic heterocycles. The molecule has 0 aliphatic rings. The van der Waals surface area contributed by atoms with Crippen LogP contribution in [-0.2, 0) is 0 Å². The summed E-state index contributed by atoms with van der Waals surface area (Å²) < 4.78 is 0. The Morgan fingerprint density at radius 1 is 1.18 bits per heavy atom. The molecule has 0 saturated carbocycles. The zero-order chi connectivity index (χ0) is 12.8. The van der Waals surface area contributed by atoms with E-state index in [2.05, 4.69) is 17.1 Å². The normalized spacial score (nSPS) is 9.71. The molecule has 88 valence electrons. The van der Waals surface area contributed by atoms with Crippen molar-refractivity contribution in [2.75, 3.05) is 5.75 Å². The Kier molecular flexibility index (Phi) is 5.00. The van der Waals surface area contributed by atoms with Gasteiger partial charge in [-0.15, -0.1) is 11.8 Å². The molecule has 17 heavy (non-hydrogen) atoms. The summed E-state index contributed by atoms with van der Waals surface area (Å²) in [5, 5.41) is 18.4. The molecule has 1 aromatic rings. The summed E-state index contributed by atoms with van der Waals surface area (Å²) in [6, 6.07) is 4.34. The monoisotopic (exact) mass is 245 g/mol. The van der Waals surface area contributed by atoms with Crippen LogP contribution in [0.25, 0.3) is 0 Å².